The van der Waals surface area contributed by atoms with Crippen molar-refractivity contribution in [1.29, 1.82) is 0 Å². The minimum atomic E-state index is -3.83. The summed E-state index contributed by atoms with van der Waals surface area (Å²) in [4.78, 5) is 20.6. The number of halogens is 1. The fourth-order valence-corrected chi connectivity index (χ4v) is 6.72. The monoisotopic (exact) mass is 481 g/mol. The van der Waals surface area contributed by atoms with Crippen LogP contribution in [0.5, 0.6) is 0 Å². The maximum absolute atomic E-state index is 15.5. The molecule has 0 fully saturated rings. The van der Waals surface area contributed by atoms with Crippen LogP contribution in [-0.4, -0.2) is 30.8 Å². The van der Waals surface area contributed by atoms with Crippen molar-refractivity contribution in [2.45, 2.75) is 34.1 Å². The van der Waals surface area contributed by atoms with Crippen LogP contribution in [0.25, 0.3) is 10.9 Å². The molecule has 6 nitrogen and oxygen atoms in total. The van der Waals surface area contributed by atoms with Gasteiger partial charge in [-0.3, -0.25) is 14.4 Å². The molecule has 0 radical (unpaired) electrons. The van der Waals surface area contributed by atoms with Gasteiger partial charge in [0.25, 0.3) is 13.3 Å². The number of nitrogens with zero attached hydrogens (tertiary/aromatic N) is 1. The summed E-state index contributed by atoms with van der Waals surface area (Å²) in [5, 5.41) is 3.52. The van der Waals surface area contributed by atoms with E-state index in [0.29, 0.717) is 29.4 Å². The van der Waals surface area contributed by atoms with E-state index in [4.69, 9.17) is 4.52 Å². The number of benzene rings is 2. The number of fused-ring (bicyclic) bond motifs is 1. The first-order valence-electron chi connectivity index (χ1n) is 11.1. The molecule has 1 aliphatic heterocycles. The molecule has 0 spiro atoms. The van der Waals surface area contributed by atoms with Gasteiger partial charge in [-0.05, 0) is 51.0 Å². The van der Waals surface area contributed by atoms with Crippen LogP contribution in [0.1, 0.15) is 40.5 Å². The van der Waals surface area contributed by atoms with Gasteiger partial charge in [-0.1, -0.05) is 36.3 Å². The normalized spacial score (nSPS) is 19.4. The molecular weight excluding hydrogens is 452 g/mol. The molecule has 34 heavy (non-hydrogen) atoms. The molecule has 0 saturated carbocycles. The minimum absolute atomic E-state index is 0.0425. The van der Waals surface area contributed by atoms with E-state index in [0.717, 1.165) is 11.1 Å². The highest BCUT2D eigenvalue weighted by Gasteiger charge is 2.38. The lowest BCUT2D eigenvalue weighted by Gasteiger charge is -2.26. The Labute approximate surface area is 198 Å². The largest absolute Gasteiger partial charge is 0.350 e. The van der Waals surface area contributed by atoms with Crippen molar-refractivity contribution < 1.29 is 18.3 Å². The van der Waals surface area contributed by atoms with Gasteiger partial charge >= 0.3 is 0 Å². The van der Waals surface area contributed by atoms with Crippen molar-refractivity contribution in [1.82, 2.24) is 10.3 Å². The zero-order valence-electron chi connectivity index (χ0n) is 20.0. The third-order valence-electron chi connectivity index (χ3n) is 6.27. The van der Waals surface area contributed by atoms with Gasteiger partial charge in [-0.2, -0.15) is 0 Å². The molecule has 1 aromatic heterocycles. The molecule has 4 rings (SSSR count). The van der Waals surface area contributed by atoms with Gasteiger partial charge in [0, 0.05) is 47.7 Å². The maximum atomic E-state index is 15.5. The number of nitrogens with one attached hydrogen (secondary N) is 2. The van der Waals surface area contributed by atoms with E-state index in [2.05, 4.69) is 15.3 Å². The Kier molecular flexibility index (Phi) is 6.36. The Morgan fingerprint density at radius 2 is 1.94 bits per heavy atom. The van der Waals surface area contributed by atoms with Crippen molar-refractivity contribution >= 4 is 41.0 Å². The molecule has 8 heteroatoms. The molecule has 178 valence electrons. The van der Waals surface area contributed by atoms with E-state index in [1.54, 1.807) is 43.6 Å². The molecule has 1 amide bonds. The number of hydrogen-bond acceptors (Lipinski definition) is 4. The summed E-state index contributed by atoms with van der Waals surface area (Å²) in [5.74, 6) is -0.995. The Bertz CT molecular complexity index is 1370. The van der Waals surface area contributed by atoms with Gasteiger partial charge in [0.2, 0.25) is 0 Å². The van der Waals surface area contributed by atoms with E-state index in [9.17, 15) is 9.36 Å². The number of carbonyl (C=O) groups is 1. The van der Waals surface area contributed by atoms with Crippen LogP contribution in [0, 0.1) is 32.0 Å². The third-order valence-corrected chi connectivity index (χ3v) is 8.76. The molecule has 2 atom stereocenters. The first-order chi connectivity index (χ1) is 16.1. The summed E-state index contributed by atoms with van der Waals surface area (Å²) in [6, 6.07) is 8.80. The highest BCUT2D eigenvalue weighted by molar-refractivity contribution is 7.75. The van der Waals surface area contributed by atoms with Crippen LogP contribution in [0.4, 0.5) is 4.39 Å². The van der Waals surface area contributed by atoms with Gasteiger partial charge in [-0.15, -0.1) is 0 Å². The van der Waals surface area contributed by atoms with Crippen LogP contribution in [0.2, 0.25) is 0 Å². The van der Waals surface area contributed by atoms with E-state index in [1.807, 2.05) is 32.9 Å². The molecular formula is C26H29FN3O3P. The van der Waals surface area contributed by atoms with Gasteiger partial charge in [0.1, 0.15) is 11.5 Å². The second kappa shape index (κ2) is 8.97. The topological polar surface area (TPSA) is 83.6 Å². The third kappa shape index (κ3) is 4.26. The van der Waals surface area contributed by atoms with Crippen LogP contribution in [-0.2, 0) is 9.09 Å². The summed E-state index contributed by atoms with van der Waals surface area (Å²) in [7, 11) is -2.50. The molecule has 2 unspecified atom stereocenters. The first kappa shape index (κ1) is 24.1. The van der Waals surface area contributed by atoms with Gasteiger partial charge in [0.15, 0.2) is 0 Å². The smallest absolute Gasteiger partial charge is 0.268 e. The molecule has 1 aliphatic rings. The predicted molar refractivity (Wildman–Crippen MR) is 135 cm³/mol. The van der Waals surface area contributed by atoms with Gasteiger partial charge < -0.3 is 14.8 Å². The molecule has 0 aliphatic carbocycles. The molecule has 0 saturated heterocycles. The molecule has 3 aromatic rings. The zero-order chi connectivity index (χ0) is 24.7. The lowest BCUT2D eigenvalue weighted by atomic mass is 9.86. The SMILES string of the molecule is COP(=O)(c1cc(C)cc(C)c1)c1c(C(=O)NCC2(C)C=CN=CC2)[nH]c2ccc(C)c(F)c12. The van der Waals surface area contributed by atoms with Crippen LogP contribution < -0.4 is 15.9 Å². The molecule has 2 N–H and O–H groups in total. The van der Waals surface area contributed by atoms with E-state index >= 15 is 4.39 Å². The Balaban J connectivity index is 1.89. The van der Waals surface area contributed by atoms with Crippen molar-refractivity contribution in [2.75, 3.05) is 13.7 Å². The van der Waals surface area contributed by atoms with E-state index in [1.165, 1.54) is 7.11 Å². The number of amides is 1. The second-order valence-electron chi connectivity index (χ2n) is 9.24. The first-order valence-corrected chi connectivity index (χ1v) is 12.7. The van der Waals surface area contributed by atoms with Crippen molar-refractivity contribution in [2.24, 2.45) is 10.4 Å². The summed E-state index contributed by atoms with van der Waals surface area (Å²) in [6.45, 7) is 7.78. The molecule has 0 bridgehead atoms. The lowest BCUT2D eigenvalue weighted by Crippen LogP contribution is -2.37. The van der Waals surface area contributed by atoms with Crippen LogP contribution in [0.15, 0.2) is 47.6 Å². The highest BCUT2D eigenvalue weighted by Crippen LogP contribution is 2.48. The molecule has 2 heterocycles. The van der Waals surface area contributed by atoms with Crippen molar-refractivity contribution in [3.63, 3.8) is 0 Å². The number of aromatic nitrogens is 1. The average molecular weight is 482 g/mol. The molecule has 2 aromatic carbocycles. The summed E-state index contributed by atoms with van der Waals surface area (Å²) >= 11 is 0. The van der Waals surface area contributed by atoms with Gasteiger partial charge in [0.05, 0.1) is 5.30 Å². The number of aromatic amines is 1. The number of aryl methyl sites for hydroxylation is 3. The number of carbonyl (C=O) groups excluding carboxylic acids is 1. The minimum Gasteiger partial charge on any atom is -0.350 e. The lowest BCUT2D eigenvalue weighted by molar-refractivity contribution is 0.0938. The van der Waals surface area contributed by atoms with Crippen LogP contribution in [0.3, 0.4) is 0 Å². The maximum Gasteiger partial charge on any atom is 0.268 e. The fourth-order valence-electron chi connectivity index (χ4n) is 4.35. The number of H-pyrrole nitrogens is 1. The zero-order valence-corrected chi connectivity index (χ0v) is 20.9. The summed E-state index contributed by atoms with van der Waals surface area (Å²) in [6.07, 6.45) is 6.13. The van der Waals surface area contributed by atoms with Crippen molar-refractivity contribution in [3.05, 3.63) is 70.8 Å². The Morgan fingerprint density at radius 1 is 1.24 bits per heavy atom. The standard InChI is InChI=1S/C26H29FN3O3P/c1-16-12-17(2)14-19(13-16)34(32,33-5)24-21-20(7-6-18(3)22(21)27)30-23(24)25(31)29-15-26(4)8-10-28-11-9-26/h6-8,10-14,30H,9,15H2,1-5H3,(H,29,31). The van der Waals surface area contributed by atoms with Gasteiger partial charge in [-0.25, -0.2) is 4.39 Å². The fraction of sp³-hybridized carbons (Fsp3) is 0.308. The Morgan fingerprint density at radius 3 is 2.56 bits per heavy atom. The second-order valence-corrected chi connectivity index (χ2v) is 11.7. The average Bonchev–Trinajstić information content (AvgIpc) is 3.20. The number of rotatable bonds is 6. The van der Waals surface area contributed by atoms with Crippen molar-refractivity contribution in [3.8, 4) is 0 Å². The number of hydrogen-bond donors (Lipinski definition) is 2. The summed E-state index contributed by atoms with van der Waals surface area (Å²) in [5.41, 5.74) is 2.31. The quantitative estimate of drug-likeness (QED) is 0.495. The summed E-state index contributed by atoms with van der Waals surface area (Å²) < 4.78 is 35.6. The highest BCUT2D eigenvalue weighted by atomic mass is 31.2. The Hall–Kier alpha value is -3.02. The predicted octanol–water partition coefficient (Wildman–Crippen LogP) is 4.83. The van der Waals surface area contributed by atoms with E-state index < -0.39 is 19.1 Å². The number of aliphatic imine (C=N–C) groups is 1. The van der Waals surface area contributed by atoms with E-state index in [-0.39, 0.29) is 21.8 Å². The van der Waals surface area contributed by atoms with Crippen LogP contribution >= 0.6 is 7.37 Å².